The van der Waals surface area contributed by atoms with E-state index in [1.165, 1.54) is 6.42 Å². The first-order valence-electron chi connectivity index (χ1n) is 8.30. The summed E-state index contributed by atoms with van der Waals surface area (Å²) in [6.45, 7) is 7.14. The highest BCUT2D eigenvalue weighted by molar-refractivity contribution is 5.92. The van der Waals surface area contributed by atoms with E-state index in [1.807, 2.05) is 6.07 Å². The Balaban J connectivity index is 1.62. The third-order valence-electron chi connectivity index (χ3n) is 4.32. The SMILES string of the molecule is CC(C)c1cc(C(=O)NCCCCN2CCCC2CO)n[nH]1. The molecule has 1 aromatic rings. The van der Waals surface area contributed by atoms with E-state index in [4.69, 9.17) is 0 Å². The molecule has 1 fully saturated rings. The first-order valence-corrected chi connectivity index (χ1v) is 8.30. The molecule has 124 valence electrons. The van der Waals surface area contributed by atoms with E-state index in [-0.39, 0.29) is 12.5 Å². The lowest BCUT2D eigenvalue weighted by atomic mass is 10.1. The monoisotopic (exact) mass is 308 g/mol. The minimum atomic E-state index is -0.113. The Morgan fingerprint density at radius 2 is 2.36 bits per heavy atom. The van der Waals surface area contributed by atoms with E-state index in [0.29, 0.717) is 24.2 Å². The van der Waals surface area contributed by atoms with Gasteiger partial charge in [-0.05, 0) is 50.8 Å². The average molecular weight is 308 g/mol. The topological polar surface area (TPSA) is 81.2 Å². The van der Waals surface area contributed by atoms with Crippen LogP contribution in [0.25, 0.3) is 0 Å². The molecule has 2 rings (SSSR count). The van der Waals surface area contributed by atoms with Crippen LogP contribution in [-0.2, 0) is 0 Å². The molecule has 0 aromatic carbocycles. The van der Waals surface area contributed by atoms with Gasteiger partial charge in [0.25, 0.3) is 5.91 Å². The van der Waals surface area contributed by atoms with Crippen LogP contribution in [-0.4, -0.2) is 58.4 Å². The number of rotatable bonds is 8. The molecule has 0 radical (unpaired) electrons. The molecule has 1 aliphatic rings. The van der Waals surface area contributed by atoms with Crippen molar-refractivity contribution < 1.29 is 9.90 Å². The number of likely N-dealkylation sites (tertiary alicyclic amines) is 1. The van der Waals surface area contributed by atoms with Gasteiger partial charge in [0.1, 0.15) is 5.69 Å². The number of carbonyl (C=O) groups excluding carboxylic acids is 1. The number of nitrogens with one attached hydrogen (secondary N) is 2. The van der Waals surface area contributed by atoms with E-state index in [0.717, 1.165) is 38.0 Å². The highest BCUT2D eigenvalue weighted by Gasteiger charge is 2.22. The molecule has 6 nitrogen and oxygen atoms in total. The standard InChI is InChI=1S/C16H28N4O2/c1-12(2)14-10-15(19-18-14)16(22)17-7-3-4-8-20-9-5-6-13(20)11-21/h10,12-13,21H,3-9,11H2,1-2H3,(H,17,22)(H,18,19). The third kappa shape index (κ3) is 4.55. The molecule has 6 heteroatoms. The van der Waals surface area contributed by atoms with Gasteiger partial charge in [0.15, 0.2) is 0 Å². The molecular formula is C16H28N4O2. The van der Waals surface area contributed by atoms with Crippen molar-refractivity contribution in [3.8, 4) is 0 Å². The van der Waals surface area contributed by atoms with Gasteiger partial charge in [-0.3, -0.25) is 14.8 Å². The number of aromatic amines is 1. The van der Waals surface area contributed by atoms with Gasteiger partial charge in [-0.15, -0.1) is 0 Å². The number of nitrogens with zero attached hydrogens (tertiary/aromatic N) is 2. The number of amides is 1. The van der Waals surface area contributed by atoms with Crippen LogP contribution in [0, 0.1) is 0 Å². The first-order chi connectivity index (χ1) is 10.6. The van der Waals surface area contributed by atoms with Crippen LogP contribution in [0.15, 0.2) is 6.07 Å². The van der Waals surface area contributed by atoms with Crippen LogP contribution < -0.4 is 5.32 Å². The van der Waals surface area contributed by atoms with Crippen LogP contribution >= 0.6 is 0 Å². The predicted molar refractivity (Wildman–Crippen MR) is 85.9 cm³/mol. The van der Waals surface area contributed by atoms with Gasteiger partial charge in [0.05, 0.1) is 6.61 Å². The Bertz CT molecular complexity index is 472. The second-order valence-electron chi connectivity index (χ2n) is 6.34. The molecule has 2 heterocycles. The summed E-state index contributed by atoms with van der Waals surface area (Å²) in [5.41, 5.74) is 1.44. The smallest absolute Gasteiger partial charge is 0.271 e. The molecule has 1 unspecified atom stereocenters. The van der Waals surface area contributed by atoms with Crippen LogP contribution in [0.2, 0.25) is 0 Å². The number of hydrogen-bond donors (Lipinski definition) is 3. The molecular weight excluding hydrogens is 280 g/mol. The highest BCUT2D eigenvalue weighted by Crippen LogP contribution is 2.16. The van der Waals surface area contributed by atoms with Crippen LogP contribution in [0.1, 0.15) is 61.6 Å². The maximum absolute atomic E-state index is 12.0. The summed E-state index contributed by atoms with van der Waals surface area (Å²) >= 11 is 0. The maximum Gasteiger partial charge on any atom is 0.271 e. The number of aromatic nitrogens is 2. The van der Waals surface area contributed by atoms with E-state index in [1.54, 1.807) is 0 Å². The summed E-state index contributed by atoms with van der Waals surface area (Å²) in [7, 11) is 0. The third-order valence-corrected chi connectivity index (χ3v) is 4.32. The number of unbranched alkanes of at least 4 members (excludes halogenated alkanes) is 1. The summed E-state index contributed by atoms with van der Waals surface area (Å²) in [6, 6.07) is 2.16. The van der Waals surface area contributed by atoms with Gasteiger partial charge >= 0.3 is 0 Å². The fourth-order valence-electron chi connectivity index (χ4n) is 2.88. The Morgan fingerprint density at radius 3 is 3.05 bits per heavy atom. The molecule has 0 aliphatic carbocycles. The van der Waals surface area contributed by atoms with Gasteiger partial charge in [-0.25, -0.2) is 0 Å². The fourth-order valence-corrected chi connectivity index (χ4v) is 2.88. The largest absolute Gasteiger partial charge is 0.395 e. The summed E-state index contributed by atoms with van der Waals surface area (Å²) in [5, 5.41) is 19.1. The number of H-pyrrole nitrogens is 1. The van der Waals surface area contributed by atoms with Crippen molar-refractivity contribution in [3.63, 3.8) is 0 Å². The zero-order chi connectivity index (χ0) is 15.9. The fraction of sp³-hybridized carbons (Fsp3) is 0.750. The van der Waals surface area contributed by atoms with Crippen molar-refractivity contribution in [2.24, 2.45) is 0 Å². The van der Waals surface area contributed by atoms with Gasteiger partial charge < -0.3 is 10.4 Å². The van der Waals surface area contributed by atoms with Crippen molar-refractivity contribution in [3.05, 3.63) is 17.5 Å². The van der Waals surface area contributed by atoms with Gasteiger partial charge in [-0.1, -0.05) is 13.8 Å². The number of aliphatic hydroxyl groups excluding tert-OH is 1. The van der Waals surface area contributed by atoms with Gasteiger partial charge in [0, 0.05) is 18.3 Å². The van der Waals surface area contributed by atoms with Crippen LogP contribution in [0.3, 0.4) is 0 Å². The van der Waals surface area contributed by atoms with E-state index in [9.17, 15) is 9.90 Å². The van der Waals surface area contributed by atoms with E-state index < -0.39 is 0 Å². The minimum Gasteiger partial charge on any atom is -0.395 e. The molecule has 0 bridgehead atoms. The Hall–Kier alpha value is -1.40. The molecule has 3 N–H and O–H groups in total. The number of carbonyl (C=O) groups is 1. The van der Waals surface area contributed by atoms with Crippen molar-refractivity contribution in [1.82, 2.24) is 20.4 Å². The molecule has 1 saturated heterocycles. The second-order valence-corrected chi connectivity index (χ2v) is 6.34. The molecule has 1 atom stereocenters. The van der Waals surface area contributed by atoms with Crippen molar-refractivity contribution in [1.29, 1.82) is 0 Å². The quantitative estimate of drug-likeness (QED) is 0.636. The number of hydrogen-bond acceptors (Lipinski definition) is 4. The Morgan fingerprint density at radius 1 is 1.55 bits per heavy atom. The predicted octanol–water partition coefficient (Wildman–Crippen LogP) is 1.50. The van der Waals surface area contributed by atoms with Crippen molar-refractivity contribution in [2.75, 3.05) is 26.2 Å². The summed E-state index contributed by atoms with van der Waals surface area (Å²) in [5.74, 6) is 0.228. The Labute approximate surface area is 132 Å². The maximum atomic E-state index is 12.0. The lowest BCUT2D eigenvalue weighted by molar-refractivity contribution is 0.0947. The van der Waals surface area contributed by atoms with Crippen molar-refractivity contribution >= 4 is 5.91 Å². The zero-order valence-electron chi connectivity index (χ0n) is 13.6. The highest BCUT2D eigenvalue weighted by atomic mass is 16.3. The number of aliphatic hydroxyl groups is 1. The van der Waals surface area contributed by atoms with Crippen LogP contribution in [0.4, 0.5) is 0 Å². The van der Waals surface area contributed by atoms with E-state index in [2.05, 4.69) is 34.3 Å². The van der Waals surface area contributed by atoms with Gasteiger partial charge in [-0.2, -0.15) is 5.10 Å². The lowest BCUT2D eigenvalue weighted by Gasteiger charge is -2.22. The molecule has 1 amide bonds. The second kappa shape index (κ2) is 8.29. The summed E-state index contributed by atoms with van der Waals surface area (Å²) in [4.78, 5) is 14.3. The molecule has 0 spiro atoms. The van der Waals surface area contributed by atoms with Crippen LogP contribution in [0.5, 0.6) is 0 Å². The summed E-state index contributed by atoms with van der Waals surface area (Å²) < 4.78 is 0. The Kier molecular flexibility index (Phi) is 6.39. The van der Waals surface area contributed by atoms with Crippen molar-refractivity contribution in [2.45, 2.75) is 51.5 Å². The van der Waals surface area contributed by atoms with E-state index >= 15 is 0 Å². The lowest BCUT2D eigenvalue weighted by Crippen LogP contribution is -2.33. The minimum absolute atomic E-state index is 0.113. The molecule has 1 aliphatic heterocycles. The molecule has 1 aromatic heterocycles. The summed E-state index contributed by atoms with van der Waals surface area (Å²) in [6.07, 6.45) is 4.26. The zero-order valence-corrected chi connectivity index (χ0v) is 13.6. The molecule has 22 heavy (non-hydrogen) atoms. The normalized spacial score (nSPS) is 19.0. The average Bonchev–Trinajstić information content (AvgIpc) is 3.15. The first kappa shape index (κ1) is 17.0. The van der Waals surface area contributed by atoms with Gasteiger partial charge in [0.2, 0.25) is 0 Å². The molecule has 0 saturated carbocycles.